The molecule has 3 N–H and O–H groups in total. The normalized spacial score (nSPS) is 12.3. The number of nitrogens with one attached hydrogen (secondary N) is 1. The third-order valence-corrected chi connectivity index (χ3v) is 2.98. The summed E-state index contributed by atoms with van der Waals surface area (Å²) < 4.78 is 0. The number of rotatable bonds is 5. The first kappa shape index (κ1) is 15.2. The highest BCUT2D eigenvalue weighted by Crippen LogP contribution is 2.26. The van der Waals surface area contributed by atoms with Crippen molar-refractivity contribution in [1.82, 2.24) is 4.98 Å². The molecule has 0 aromatic carbocycles. The van der Waals surface area contributed by atoms with Crippen molar-refractivity contribution < 1.29 is 4.79 Å². The van der Waals surface area contributed by atoms with Crippen molar-refractivity contribution in [1.29, 1.82) is 0 Å². The van der Waals surface area contributed by atoms with Crippen LogP contribution in [0.1, 0.15) is 31.7 Å². The SMILES string of the molecule is CCCC(N)CC(=O)Nc1c(C)cc(Cl)nc1Cl. The molecule has 0 aliphatic rings. The van der Waals surface area contributed by atoms with E-state index in [1.165, 1.54) is 0 Å². The maximum absolute atomic E-state index is 11.8. The topological polar surface area (TPSA) is 68.0 Å². The van der Waals surface area contributed by atoms with Gasteiger partial charge >= 0.3 is 0 Å². The van der Waals surface area contributed by atoms with Crippen molar-refractivity contribution in [3.05, 3.63) is 21.9 Å². The second-order valence-corrected chi connectivity index (χ2v) is 4.97. The Morgan fingerprint density at radius 3 is 2.78 bits per heavy atom. The molecule has 1 rings (SSSR count). The minimum absolute atomic E-state index is 0.130. The number of hydrogen-bond donors (Lipinski definition) is 2. The molecule has 4 nitrogen and oxygen atoms in total. The summed E-state index contributed by atoms with van der Waals surface area (Å²) >= 11 is 11.7. The number of aromatic nitrogens is 1. The standard InChI is InChI=1S/C12H17Cl2N3O/c1-3-4-8(15)6-10(18)17-11-7(2)5-9(13)16-12(11)14/h5,8H,3-4,6,15H2,1-2H3,(H,17,18). The molecule has 0 fully saturated rings. The van der Waals surface area contributed by atoms with E-state index in [9.17, 15) is 4.79 Å². The first-order valence-corrected chi connectivity index (χ1v) is 6.57. The van der Waals surface area contributed by atoms with Crippen molar-refractivity contribution >= 4 is 34.8 Å². The predicted octanol–water partition coefficient (Wildman–Crippen LogP) is 3.15. The molecule has 1 unspecified atom stereocenters. The molecular weight excluding hydrogens is 273 g/mol. The van der Waals surface area contributed by atoms with Crippen LogP contribution in [0.15, 0.2) is 6.07 Å². The summed E-state index contributed by atoms with van der Waals surface area (Å²) in [7, 11) is 0. The van der Waals surface area contributed by atoms with Crippen LogP contribution in [-0.4, -0.2) is 16.9 Å². The Morgan fingerprint density at radius 2 is 2.22 bits per heavy atom. The van der Waals surface area contributed by atoms with Gasteiger partial charge in [0.25, 0.3) is 0 Å². The van der Waals surface area contributed by atoms with Gasteiger partial charge in [0.2, 0.25) is 5.91 Å². The maximum Gasteiger partial charge on any atom is 0.226 e. The number of amides is 1. The number of carbonyl (C=O) groups excluding carboxylic acids is 1. The lowest BCUT2D eigenvalue weighted by Crippen LogP contribution is -2.27. The van der Waals surface area contributed by atoms with Crippen molar-refractivity contribution in [3.63, 3.8) is 0 Å². The number of carbonyl (C=O) groups is 1. The fourth-order valence-electron chi connectivity index (χ4n) is 1.65. The summed E-state index contributed by atoms with van der Waals surface area (Å²) in [5.41, 5.74) is 7.08. The van der Waals surface area contributed by atoms with Gasteiger partial charge in [0.1, 0.15) is 5.15 Å². The first-order chi connectivity index (χ1) is 8.43. The molecule has 0 aliphatic heterocycles. The van der Waals surface area contributed by atoms with E-state index in [1.54, 1.807) is 13.0 Å². The monoisotopic (exact) mass is 289 g/mol. The van der Waals surface area contributed by atoms with Gasteiger partial charge in [0.15, 0.2) is 5.15 Å². The van der Waals surface area contributed by atoms with Gasteiger partial charge in [-0.25, -0.2) is 4.98 Å². The molecule has 0 bridgehead atoms. The molecule has 0 spiro atoms. The summed E-state index contributed by atoms with van der Waals surface area (Å²) in [6.07, 6.45) is 2.04. The van der Waals surface area contributed by atoms with Crippen LogP contribution in [0.25, 0.3) is 0 Å². The van der Waals surface area contributed by atoms with Crippen LogP contribution in [0.5, 0.6) is 0 Å². The summed E-state index contributed by atoms with van der Waals surface area (Å²) in [5.74, 6) is -0.162. The molecule has 18 heavy (non-hydrogen) atoms. The molecule has 0 radical (unpaired) electrons. The Hall–Kier alpha value is -0.840. The molecule has 0 aliphatic carbocycles. The molecule has 0 saturated heterocycles. The highest BCUT2D eigenvalue weighted by atomic mass is 35.5. The third-order valence-electron chi connectivity index (χ3n) is 2.51. The van der Waals surface area contributed by atoms with Crippen LogP contribution in [0.4, 0.5) is 5.69 Å². The summed E-state index contributed by atoms with van der Waals surface area (Å²) in [4.78, 5) is 15.7. The first-order valence-electron chi connectivity index (χ1n) is 5.82. The number of nitrogens with zero attached hydrogens (tertiary/aromatic N) is 1. The van der Waals surface area contributed by atoms with E-state index < -0.39 is 0 Å². The minimum atomic E-state index is -0.162. The van der Waals surface area contributed by atoms with Crippen LogP contribution in [0.2, 0.25) is 10.3 Å². The van der Waals surface area contributed by atoms with Crippen molar-refractivity contribution in [3.8, 4) is 0 Å². The second kappa shape index (κ2) is 6.92. The highest BCUT2D eigenvalue weighted by molar-refractivity contribution is 6.34. The largest absolute Gasteiger partial charge is 0.327 e. The van der Waals surface area contributed by atoms with E-state index in [1.807, 2.05) is 6.92 Å². The van der Waals surface area contributed by atoms with Crippen LogP contribution in [0.3, 0.4) is 0 Å². The Morgan fingerprint density at radius 1 is 1.56 bits per heavy atom. The van der Waals surface area contributed by atoms with Crippen LogP contribution < -0.4 is 11.1 Å². The van der Waals surface area contributed by atoms with Crippen molar-refractivity contribution in [2.45, 2.75) is 39.2 Å². The second-order valence-electron chi connectivity index (χ2n) is 4.23. The van der Waals surface area contributed by atoms with E-state index in [4.69, 9.17) is 28.9 Å². The Bertz CT molecular complexity index is 414. The zero-order valence-electron chi connectivity index (χ0n) is 10.5. The van der Waals surface area contributed by atoms with Gasteiger partial charge in [-0.15, -0.1) is 0 Å². The van der Waals surface area contributed by atoms with Crippen LogP contribution in [-0.2, 0) is 4.79 Å². The zero-order valence-corrected chi connectivity index (χ0v) is 12.0. The van der Waals surface area contributed by atoms with E-state index in [2.05, 4.69) is 10.3 Å². The number of pyridine rings is 1. The van der Waals surface area contributed by atoms with Gasteiger partial charge in [-0.05, 0) is 25.0 Å². The van der Waals surface area contributed by atoms with E-state index in [0.29, 0.717) is 10.8 Å². The average molecular weight is 290 g/mol. The van der Waals surface area contributed by atoms with Gasteiger partial charge in [-0.1, -0.05) is 36.5 Å². The van der Waals surface area contributed by atoms with E-state index in [-0.39, 0.29) is 23.5 Å². The molecule has 6 heteroatoms. The fraction of sp³-hybridized carbons (Fsp3) is 0.500. The Labute approximate surface area is 117 Å². The lowest BCUT2D eigenvalue weighted by atomic mass is 10.1. The van der Waals surface area contributed by atoms with E-state index in [0.717, 1.165) is 18.4 Å². The predicted molar refractivity (Wildman–Crippen MR) is 75.1 cm³/mol. The molecule has 1 amide bonds. The van der Waals surface area contributed by atoms with Gasteiger partial charge in [-0.2, -0.15) is 0 Å². The fourth-order valence-corrected chi connectivity index (χ4v) is 2.23. The van der Waals surface area contributed by atoms with Gasteiger partial charge in [0.05, 0.1) is 5.69 Å². The lowest BCUT2D eigenvalue weighted by Gasteiger charge is -2.13. The number of anilines is 1. The summed E-state index contributed by atoms with van der Waals surface area (Å²) in [5, 5.41) is 3.22. The molecule has 1 atom stereocenters. The Balaban J connectivity index is 2.70. The summed E-state index contributed by atoms with van der Waals surface area (Å²) in [6, 6.07) is 1.52. The van der Waals surface area contributed by atoms with Gasteiger partial charge < -0.3 is 11.1 Å². The maximum atomic E-state index is 11.8. The molecule has 1 aromatic heterocycles. The van der Waals surface area contributed by atoms with Crippen LogP contribution >= 0.6 is 23.2 Å². The van der Waals surface area contributed by atoms with Crippen molar-refractivity contribution in [2.24, 2.45) is 5.73 Å². The number of aryl methyl sites for hydroxylation is 1. The number of halogens is 2. The zero-order chi connectivity index (χ0) is 13.7. The molecule has 1 heterocycles. The van der Waals surface area contributed by atoms with Gasteiger partial charge in [0, 0.05) is 12.5 Å². The lowest BCUT2D eigenvalue weighted by molar-refractivity contribution is -0.116. The molecule has 100 valence electrons. The highest BCUT2D eigenvalue weighted by Gasteiger charge is 2.13. The molecule has 0 saturated carbocycles. The quantitative estimate of drug-likeness (QED) is 0.818. The third kappa shape index (κ3) is 4.44. The minimum Gasteiger partial charge on any atom is -0.327 e. The average Bonchev–Trinajstić information content (AvgIpc) is 2.23. The number of hydrogen-bond acceptors (Lipinski definition) is 3. The number of nitrogens with two attached hydrogens (primary N) is 1. The van der Waals surface area contributed by atoms with Crippen molar-refractivity contribution in [2.75, 3.05) is 5.32 Å². The van der Waals surface area contributed by atoms with E-state index >= 15 is 0 Å². The Kier molecular flexibility index (Phi) is 5.85. The smallest absolute Gasteiger partial charge is 0.226 e. The summed E-state index contributed by atoms with van der Waals surface area (Å²) in [6.45, 7) is 3.84. The molecule has 1 aromatic rings. The van der Waals surface area contributed by atoms with Crippen LogP contribution in [0, 0.1) is 6.92 Å². The molecular formula is C12H17Cl2N3O. The van der Waals surface area contributed by atoms with Gasteiger partial charge in [-0.3, -0.25) is 4.79 Å².